The Bertz CT molecular complexity index is 458. The second-order valence-corrected chi connectivity index (χ2v) is 8.65. The first kappa shape index (κ1) is 27.8. The van der Waals surface area contributed by atoms with E-state index < -0.39 is 12.0 Å². The van der Waals surface area contributed by atoms with E-state index in [1.165, 1.54) is 38.5 Å². The van der Waals surface area contributed by atoms with Crippen LogP contribution < -0.4 is 10.6 Å². The van der Waals surface area contributed by atoms with Gasteiger partial charge in [0.15, 0.2) is 0 Å². The van der Waals surface area contributed by atoms with Crippen LogP contribution in [0, 0.1) is 5.92 Å². The van der Waals surface area contributed by atoms with Crippen molar-refractivity contribution in [2.45, 2.75) is 103 Å². The summed E-state index contributed by atoms with van der Waals surface area (Å²) in [7, 11) is 0. The van der Waals surface area contributed by atoms with E-state index in [-0.39, 0.29) is 17.7 Å². The van der Waals surface area contributed by atoms with Crippen LogP contribution in [-0.4, -0.2) is 41.2 Å². The van der Waals surface area contributed by atoms with Gasteiger partial charge in [0.25, 0.3) is 0 Å². The average Bonchev–Trinajstić information content (AvgIpc) is 2.64. The minimum atomic E-state index is -1.01. The van der Waals surface area contributed by atoms with Crippen molar-refractivity contribution in [3.8, 4) is 0 Å². The summed E-state index contributed by atoms with van der Waals surface area (Å²) in [6.07, 6.45) is 12.1. The normalized spacial score (nSPS) is 12.0. The van der Waals surface area contributed by atoms with E-state index >= 15 is 0 Å². The molecule has 0 bridgehead atoms. The van der Waals surface area contributed by atoms with Crippen molar-refractivity contribution in [2.75, 3.05) is 12.3 Å². The van der Waals surface area contributed by atoms with E-state index in [9.17, 15) is 19.5 Å². The van der Waals surface area contributed by atoms with Crippen LogP contribution in [0.15, 0.2) is 0 Å². The molecular weight excluding hydrogens is 388 g/mol. The maximum absolute atomic E-state index is 11.8. The number of rotatable bonds is 19. The summed E-state index contributed by atoms with van der Waals surface area (Å²) in [5.41, 5.74) is 0. The molecule has 0 radical (unpaired) electrons. The predicted octanol–water partition coefficient (Wildman–Crippen LogP) is 4.33. The van der Waals surface area contributed by atoms with E-state index in [4.69, 9.17) is 0 Å². The largest absolute Gasteiger partial charge is 0.480 e. The minimum absolute atomic E-state index is 0.0683. The van der Waals surface area contributed by atoms with Crippen molar-refractivity contribution >= 4 is 30.4 Å². The van der Waals surface area contributed by atoms with Crippen molar-refractivity contribution < 1.29 is 19.5 Å². The van der Waals surface area contributed by atoms with Gasteiger partial charge in [0, 0.05) is 19.4 Å². The first-order chi connectivity index (χ1) is 13.9. The van der Waals surface area contributed by atoms with E-state index in [1.807, 2.05) is 13.8 Å². The second kappa shape index (κ2) is 18.8. The number of hydrogen-bond acceptors (Lipinski definition) is 4. The fraction of sp³-hybridized carbons (Fsp3) is 0.864. The van der Waals surface area contributed by atoms with Gasteiger partial charge in [-0.05, 0) is 43.8 Å². The van der Waals surface area contributed by atoms with Gasteiger partial charge in [0.1, 0.15) is 6.04 Å². The van der Waals surface area contributed by atoms with Crippen molar-refractivity contribution in [3.05, 3.63) is 0 Å². The van der Waals surface area contributed by atoms with E-state index in [1.54, 1.807) is 0 Å². The van der Waals surface area contributed by atoms with Crippen molar-refractivity contribution in [2.24, 2.45) is 5.92 Å². The lowest BCUT2D eigenvalue weighted by atomic mass is 10.1. The van der Waals surface area contributed by atoms with Crippen LogP contribution in [0.2, 0.25) is 0 Å². The number of aliphatic carboxylic acids is 1. The lowest BCUT2D eigenvalue weighted by Crippen LogP contribution is -2.41. The van der Waals surface area contributed by atoms with Crippen LogP contribution in [0.5, 0.6) is 0 Å². The molecule has 3 N–H and O–H groups in total. The van der Waals surface area contributed by atoms with Gasteiger partial charge < -0.3 is 15.7 Å². The molecule has 2 amide bonds. The van der Waals surface area contributed by atoms with Gasteiger partial charge in [0.05, 0.1) is 0 Å². The highest BCUT2D eigenvalue weighted by Crippen LogP contribution is 2.10. The van der Waals surface area contributed by atoms with Crippen molar-refractivity contribution in [1.29, 1.82) is 0 Å². The molecule has 0 aliphatic carbocycles. The summed E-state index contributed by atoms with van der Waals surface area (Å²) in [6.45, 7) is 4.39. The number of unbranched alkanes of at least 4 members (excludes halogenated alkanes) is 8. The fourth-order valence-corrected chi connectivity index (χ4v) is 3.35. The van der Waals surface area contributed by atoms with Crippen LogP contribution in [0.25, 0.3) is 0 Å². The van der Waals surface area contributed by atoms with E-state index in [2.05, 4.69) is 23.3 Å². The smallest absolute Gasteiger partial charge is 0.326 e. The van der Waals surface area contributed by atoms with Gasteiger partial charge in [-0.2, -0.15) is 12.6 Å². The molecule has 0 fully saturated rings. The summed E-state index contributed by atoms with van der Waals surface area (Å²) in [4.78, 5) is 34.8. The number of nitrogens with one attached hydrogen (secondary N) is 2. The number of amides is 2. The Balaban J connectivity index is 3.66. The molecule has 0 aromatic heterocycles. The highest BCUT2D eigenvalue weighted by molar-refractivity contribution is 7.80. The number of carboxylic acids is 1. The lowest BCUT2D eigenvalue weighted by molar-refractivity contribution is -0.142. The maximum atomic E-state index is 11.8. The Morgan fingerprint density at radius 1 is 0.828 bits per heavy atom. The zero-order chi connectivity index (χ0) is 21.9. The molecule has 0 saturated carbocycles. The third kappa shape index (κ3) is 18.5. The summed E-state index contributed by atoms with van der Waals surface area (Å²) in [5, 5.41) is 14.7. The Morgan fingerprint density at radius 2 is 1.41 bits per heavy atom. The molecule has 1 atom stereocenters. The van der Waals surface area contributed by atoms with Gasteiger partial charge in [-0.25, -0.2) is 4.79 Å². The molecular formula is C22H42N2O4S. The Hall–Kier alpha value is -1.24. The van der Waals surface area contributed by atoms with E-state index in [0.717, 1.165) is 18.6 Å². The second-order valence-electron chi connectivity index (χ2n) is 8.20. The number of carbonyl (C=O) groups is 3. The molecule has 0 aliphatic heterocycles. The van der Waals surface area contributed by atoms with Crippen LogP contribution in [0.3, 0.4) is 0 Å². The van der Waals surface area contributed by atoms with Gasteiger partial charge in [-0.1, -0.05) is 52.4 Å². The first-order valence-electron chi connectivity index (χ1n) is 11.3. The number of carbonyl (C=O) groups excluding carboxylic acids is 2. The molecule has 29 heavy (non-hydrogen) atoms. The zero-order valence-corrected chi connectivity index (χ0v) is 19.3. The average molecular weight is 431 g/mol. The standard InChI is InChI=1S/C22H42N2O4S/c1-18(2)17-21(26)24-19(22(27)28)13-10-11-15-23-20(25)14-9-7-5-3-4-6-8-12-16-29/h18-19,29H,3-17H2,1-2H3,(H,23,25)(H,24,26)(H,27,28). The molecule has 0 heterocycles. The Morgan fingerprint density at radius 3 is 1.97 bits per heavy atom. The number of thiol groups is 1. The van der Waals surface area contributed by atoms with Gasteiger partial charge in [-0.3, -0.25) is 9.59 Å². The summed E-state index contributed by atoms with van der Waals surface area (Å²) < 4.78 is 0. The highest BCUT2D eigenvalue weighted by atomic mass is 32.1. The first-order valence-corrected chi connectivity index (χ1v) is 11.9. The van der Waals surface area contributed by atoms with Gasteiger partial charge >= 0.3 is 5.97 Å². The monoisotopic (exact) mass is 430 g/mol. The molecule has 0 spiro atoms. The Labute approximate surface area is 182 Å². The fourth-order valence-electron chi connectivity index (χ4n) is 3.13. The number of hydrogen-bond donors (Lipinski definition) is 4. The van der Waals surface area contributed by atoms with E-state index in [0.29, 0.717) is 38.6 Å². The molecule has 0 aromatic carbocycles. The quantitative estimate of drug-likeness (QED) is 0.181. The topological polar surface area (TPSA) is 95.5 Å². The minimum Gasteiger partial charge on any atom is -0.480 e. The summed E-state index contributed by atoms with van der Waals surface area (Å²) in [5.74, 6) is 0.0112. The van der Waals surface area contributed by atoms with Crippen LogP contribution in [0.1, 0.15) is 97.3 Å². The third-order valence-electron chi connectivity index (χ3n) is 4.78. The zero-order valence-electron chi connectivity index (χ0n) is 18.4. The molecule has 0 aliphatic rings. The molecule has 7 heteroatoms. The molecule has 1 unspecified atom stereocenters. The van der Waals surface area contributed by atoms with Crippen molar-refractivity contribution in [3.63, 3.8) is 0 Å². The molecule has 0 aromatic rings. The molecule has 170 valence electrons. The van der Waals surface area contributed by atoms with Gasteiger partial charge in [-0.15, -0.1) is 0 Å². The summed E-state index contributed by atoms with van der Waals surface area (Å²) >= 11 is 4.21. The third-order valence-corrected chi connectivity index (χ3v) is 5.10. The molecule has 0 saturated heterocycles. The van der Waals surface area contributed by atoms with Crippen LogP contribution in [-0.2, 0) is 14.4 Å². The van der Waals surface area contributed by atoms with Crippen molar-refractivity contribution in [1.82, 2.24) is 10.6 Å². The van der Waals surface area contributed by atoms with Crippen LogP contribution in [0.4, 0.5) is 0 Å². The maximum Gasteiger partial charge on any atom is 0.326 e. The summed E-state index contributed by atoms with van der Waals surface area (Å²) in [6, 6.07) is -0.852. The SMILES string of the molecule is CC(C)CC(=O)NC(CCCCNC(=O)CCCCCCCCCCS)C(=O)O. The van der Waals surface area contributed by atoms with Crippen LogP contribution >= 0.6 is 12.6 Å². The molecule has 0 rings (SSSR count). The lowest BCUT2D eigenvalue weighted by Gasteiger charge is -2.15. The highest BCUT2D eigenvalue weighted by Gasteiger charge is 2.19. The molecule has 6 nitrogen and oxygen atoms in total. The predicted molar refractivity (Wildman–Crippen MR) is 121 cm³/mol. The Kier molecular flexibility index (Phi) is 18.0. The van der Waals surface area contributed by atoms with Gasteiger partial charge in [0.2, 0.25) is 11.8 Å². The number of carboxylic acid groups (broad SMARTS) is 1.